The van der Waals surface area contributed by atoms with Gasteiger partial charge >= 0.3 is 0 Å². The third-order valence-electron chi connectivity index (χ3n) is 3.02. The molecule has 3 N–H and O–H groups in total. The Morgan fingerprint density at radius 3 is 2.46 bits per heavy atom. The first kappa shape index (κ1) is 16.0. The molecule has 3 aromatic rings. The maximum atomic E-state index is 12.1. The summed E-state index contributed by atoms with van der Waals surface area (Å²) in [4.78, 5) is 24.3. The lowest BCUT2D eigenvalue weighted by atomic mass is 10.3. The number of nitrogens with zero attached hydrogens (tertiary/aromatic N) is 2. The van der Waals surface area contributed by atoms with Gasteiger partial charge in [0.25, 0.3) is 11.8 Å². The highest BCUT2D eigenvalue weighted by molar-refractivity contribution is 7.17. The van der Waals surface area contributed by atoms with Crippen molar-refractivity contribution in [3.8, 4) is 11.4 Å². The number of hydrazine groups is 1. The average Bonchev–Trinajstić information content (AvgIpc) is 3.19. The maximum Gasteiger partial charge on any atom is 0.294 e. The minimum absolute atomic E-state index is 0.205. The second kappa shape index (κ2) is 6.73. The minimum Gasteiger partial charge on any atom is -0.504 e. The molecular formula is C15H11ClN4O3S. The second-order valence-electron chi connectivity index (χ2n) is 4.66. The summed E-state index contributed by atoms with van der Waals surface area (Å²) in [6.07, 6.45) is 1.31. The molecular weight excluding hydrogens is 352 g/mol. The Morgan fingerprint density at radius 1 is 1.08 bits per heavy atom. The molecule has 0 saturated heterocycles. The molecule has 122 valence electrons. The molecule has 0 aliphatic heterocycles. The van der Waals surface area contributed by atoms with Crippen LogP contribution in [0.4, 0.5) is 0 Å². The number of amides is 2. The van der Waals surface area contributed by atoms with Crippen molar-refractivity contribution in [2.24, 2.45) is 0 Å². The smallest absolute Gasteiger partial charge is 0.294 e. The third kappa shape index (κ3) is 3.39. The van der Waals surface area contributed by atoms with Crippen molar-refractivity contribution in [1.29, 1.82) is 0 Å². The van der Waals surface area contributed by atoms with Gasteiger partial charge in [-0.3, -0.25) is 20.4 Å². The van der Waals surface area contributed by atoms with Crippen molar-refractivity contribution < 1.29 is 14.7 Å². The van der Waals surface area contributed by atoms with Crippen LogP contribution < -0.4 is 10.9 Å². The zero-order valence-corrected chi connectivity index (χ0v) is 13.6. The number of nitrogens with one attached hydrogen (secondary N) is 2. The Balaban J connectivity index is 1.69. The van der Waals surface area contributed by atoms with E-state index in [9.17, 15) is 14.7 Å². The van der Waals surface area contributed by atoms with Gasteiger partial charge in [0.2, 0.25) is 0 Å². The molecule has 24 heavy (non-hydrogen) atoms. The fourth-order valence-electron chi connectivity index (χ4n) is 1.91. The van der Waals surface area contributed by atoms with E-state index in [2.05, 4.69) is 16.0 Å². The van der Waals surface area contributed by atoms with Crippen molar-refractivity contribution in [3.05, 3.63) is 63.6 Å². The predicted octanol–water partition coefficient (Wildman–Crippen LogP) is 2.37. The van der Waals surface area contributed by atoms with E-state index in [4.69, 9.17) is 11.6 Å². The van der Waals surface area contributed by atoms with Gasteiger partial charge in [-0.05, 0) is 24.3 Å². The van der Waals surface area contributed by atoms with E-state index >= 15 is 0 Å². The summed E-state index contributed by atoms with van der Waals surface area (Å²) in [6.45, 7) is 0. The molecule has 0 radical (unpaired) electrons. The monoisotopic (exact) mass is 362 g/mol. The Morgan fingerprint density at radius 2 is 1.79 bits per heavy atom. The fourth-order valence-corrected chi connectivity index (χ4v) is 2.85. The van der Waals surface area contributed by atoms with Crippen molar-refractivity contribution in [2.45, 2.75) is 0 Å². The summed E-state index contributed by atoms with van der Waals surface area (Å²) >= 11 is 6.83. The number of carbonyl (C=O) groups is 2. The molecule has 2 amide bonds. The number of benzene rings is 1. The van der Waals surface area contributed by atoms with Crippen LogP contribution in [-0.2, 0) is 0 Å². The molecule has 2 aromatic heterocycles. The van der Waals surface area contributed by atoms with Crippen molar-refractivity contribution in [3.63, 3.8) is 0 Å². The first-order chi connectivity index (χ1) is 11.5. The molecule has 1 aromatic carbocycles. The Bertz CT molecular complexity index is 891. The van der Waals surface area contributed by atoms with Gasteiger partial charge in [0.15, 0.2) is 11.4 Å². The zero-order chi connectivity index (χ0) is 17.1. The molecule has 0 bridgehead atoms. The van der Waals surface area contributed by atoms with Crippen LogP contribution in [0.25, 0.3) is 5.69 Å². The fraction of sp³-hybridized carbons (Fsp3) is 0. The molecule has 0 saturated carbocycles. The van der Waals surface area contributed by atoms with E-state index < -0.39 is 11.8 Å². The Kier molecular flexibility index (Phi) is 4.50. The van der Waals surface area contributed by atoms with Gasteiger partial charge < -0.3 is 5.11 Å². The number of rotatable bonds is 3. The quantitative estimate of drug-likeness (QED) is 0.623. The summed E-state index contributed by atoms with van der Waals surface area (Å²) in [5.41, 5.74) is 4.92. The summed E-state index contributed by atoms with van der Waals surface area (Å²) in [7, 11) is 0. The van der Waals surface area contributed by atoms with Gasteiger partial charge in [-0.1, -0.05) is 29.8 Å². The van der Waals surface area contributed by atoms with E-state index in [1.54, 1.807) is 30.3 Å². The van der Waals surface area contributed by atoms with E-state index in [1.165, 1.54) is 16.9 Å². The van der Waals surface area contributed by atoms with Gasteiger partial charge in [0.1, 0.15) is 0 Å². The lowest BCUT2D eigenvalue weighted by Crippen LogP contribution is -2.41. The van der Waals surface area contributed by atoms with Crippen LogP contribution in [0.15, 0.2) is 48.7 Å². The van der Waals surface area contributed by atoms with Crippen molar-refractivity contribution >= 4 is 34.8 Å². The predicted molar refractivity (Wildman–Crippen MR) is 89.5 cm³/mol. The molecule has 0 unspecified atom stereocenters. The first-order valence-electron chi connectivity index (χ1n) is 6.74. The van der Waals surface area contributed by atoms with Crippen LogP contribution in [0, 0.1) is 0 Å². The zero-order valence-electron chi connectivity index (χ0n) is 12.1. The minimum atomic E-state index is -0.738. The van der Waals surface area contributed by atoms with E-state index in [-0.39, 0.29) is 11.4 Å². The van der Waals surface area contributed by atoms with Crippen LogP contribution >= 0.6 is 22.9 Å². The molecule has 0 atom stereocenters. The summed E-state index contributed by atoms with van der Waals surface area (Å²) in [6, 6.07) is 12.1. The first-order valence-corrected chi connectivity index (χ1v) is 7.94. The topological polar surface area (TPSA) is 96.3 Å². The van der Waals surface area contributed by atoms with Crippen LogP contribution in [0.1, 0.15) is 20.2 Å². The van der Waals surface area contributed by atoms with Gasteiger partial charge in [-0.2, -0.15) is 5.10 Å². The standard InChI is InChI=1S/C15H11ClN4O3S/c16-12-7-6-11(24-12)14(22)17-18-15(23)13-10(21)8-20(19-13)9-4-2-1-3-5-9/h1-8,21H,(H,17,22)(H,18,23). The molecule has 0 fully saturated rings. The van der Waals surface area contributed by atoms with E-state index in [0.29, 0.717) is 14.9 Å². The molecule has 2 heterocycles. The van der Waals surface area contributed by atoms with Crippen LogP contribution in [0.5, 0.6) is 5.75 Å². The number of para-hydroxylation sites is 1. The number of thiophene rings is 1. The molecule has 9 heteroatoms. The SMILES string of the molecule is O=C(NNC(=O)c1nn(-c2ccccc2)cc1O)c1ccc(Cl)s1. The molecule has 0 aliphatic carbocycles. The summed E-state index contributed by atoms with van der Waals surface area (Å²) in [5, 5.41) is 13.9. The average molecular weight is 363 g/mol. The van der Waals surface area contributed by atoms with Crippen LogP contribution in [-0.4, -0.2) is 26.7 Å². The van der Waals surface area contributed by atoms with E-state index in [0.717, 1.165) is 11.3 Å². The normalized spacial score (nSPS) is 10.4. The Hall–Kier alpha value is -2.84. The van der Waals surface area contributed by atoms with Crippen LogP contribution in [0.3, 0.4) is 0 Å². The highest BCUT2D eigenvalue weighted by Gasteiger charge is 2.18. The third-order valence-corrected chi connectivity index (χ3v) is 4.25. The highest BCUT2D eigenvalue weighted by Crippen LogP contribution is 2.21. The van der Waals surface area contributed by atoms with Gasteiger partial charge in [0, 0.05) is 0 Å². The maximum absolute atomic E-state index is 12.1. The van der Waals surface area contributed by atoms with Crippen molar-refractivity contribution in [1.82, 2.24) is 20.6 Å². The molecule has 0 spiro atoms. The van der Waals surface area contributed by atoms with Gasteiger partial charge in [-0.15, -0.1) is 11.3 Å². The molecule has 0 aliphatic rings. The lowest BCUT2D eigenvalue weighted by molar-refractivity contribution is 0.0844. The molecule has 3 rings (SSSR count). The summed E-state index contributed by atoms with van der Waals surface area (Å²) in [5.74, 6) is -1.55. The van der Waals surface area contributed by atoms with Crippen LogP contribution in [0.2, 0.25) is 4.34 Å². The summed E-state index contributed by atoms with van der Waals surface area (Å²) < 4.78 is 1.83. The lowest BCUT2D eigenvalue weighted by Gasteiger charge is -2.04. The number of halogens is 1. The number of aromatic hydroxyl groups is 1. The van der Waals surface area contributed by atoms with Gasteiger partial charge in [0.05, 0.1) is 21.1 Å². The van der Waals surface area contributed by atoms with Crippen molar-refractivity contribution in [2.75, 3.05) is 0 Å². The number of aromatic nitrogens is 2. The highest BCUT2D eigenvalue weighted by atomic mass is 35.5. The number of hydrogen-bond acceptors (Lipinski definition) is 5. The molecule has 7 nitrogen and oxygen atoms in total. The number of hydrogen-bond donors (Lipinski definition) is 3. The largest absolute Gasteiger partial charge is 0.504 e. The number of carbonyl (C=O) groups excluding carboxylic acids is 2. The van der Waals surface area contributed by atoms with E-state index in [1.807, 2.05) is 6.07 Å². The second-order valence-corrected chi connectivity index (χ2v) is 6.37. The van der Waals surface area contributed by atoms with Gasteiger partial charge in [-0.25, -0.2) is 4.68 Å². The Labute approximate surface area is 145 Å².